The van der Waals surface area contributed by atoms with Gasteiger partial charge >= 0.3 is 0 Å². The molecule has 0 aliphatic rings. The van der Waals surface area contributed by atoms with E-state index in [2.05, 4.69) is 10.2 Å². The fourth-order valence-electron chi connectivity index (χ4n) is 2.39. The summed E-state index contributed by atoms with van der Waals surface area (Å²) in [6.07, 6.45) is 0. The number of benzene rings is 3. The zero-order valence-electron chi connectivity index (χ0n) is 13.7. The SMILES string of the molecule is Cc1ccc(N=Nc2ccc(C)cc2C(=O)c2ccccc2)cc1. The van der Waals surface area contributed by atoms with Gasteiger partial charge in [-0.15, -0.1) is 5.11 Å². The molecular weight excluding hydrogens is 296 g/mol. The summed E-state index contributed by atoms with van der Waals surface area (Å²) in [4.78, 5) is 12.8. The fourth-order valence-corrected chi connectivity index (χ4v) is 2.39. The molecule has 3 aromatic carbocycles. The molecule has 0 radical (unpaired) electrons. The van der Waals surface area contributed by atoms with Gasteiger partial charge in [0, 0.05) is 5.56 Å². The van der Waals surface area contributed by atoms with E-state index in [0.29, 0.717) is 16.8 Å². The number of carbonyl (C=O) groups excluding carboxylic acids is 1. The Morgan fingerprint density at radius 3 is 2.12 bits per heavy atom. The van der Waals surface area contributed by atoms with E-state index < -0.39 is 0 Å². The Bertz CT molecular complexity index is 881. The van der Waals surface area contributed by atoms with Crippen LogP contribution in [0.25, 0.3) is 0 Å². The average Bonchev–Trinajstić information content (AvgIpc) is 2.62. The van der Waals surface area contributed by atoms with Crippen LogP contribution in [0.1, 0.15) is 27.0 Å². The van der Waals surface area contributed by atoms with Crippen LogP contribution >= 0.6 is 0 Å². The highest BCUT2D eigenvalue weighted by atomic mass is 16.1. The van der Waals surface area contributed by atoms with Gasteiger partial charge in [-0.3, -0.25) is 4.79 Å². The van der Waals surface area contributed by atoms with Crippen molar-refractivity contribution in [3.63, 3.8) is 0 Å². The predicted octanol–water partition coefficient (Wildman–Crippen LogP) is 5.95. The zero-order valence-corrected chi connectivity index (χ0v) is 13.7. The number of hydrogen-bond acceptors (Lipinski definition) is 3. The molecule has 0 bridgehead atoms. The Balaban J connectivity index is 1.97. The third kappa shape index (κ3) is 3.63. The van der Waals surface area contributed by atoms with Crippen molar-refractivity contribution in [1.29, 1.82) is 0 Å². The van der Waals surface area contributed by atoms with Crippen LogP contribution < -0.4 is 0 Å². The van der Waals surface area contributed by atoms with Crippen molar-refractivity contribution in [1.82, 2.24) is 0 Å². The molecule has 0 spiro atoms. The van der Waals surface area contributed by atoms with Gasteiger partial charge in [0.05, 0.1) is 16.9 Å². The maximum absolute atomic E-state index is 12.8. The Labute approximate surface area is 141 Å². The highest BCUT2D eigenvalue weighted by molar-refractivity contribution is 6.12. The van der Waals surface area contributed by atoms with Crippen LogP contribution in [0.3, 0.4) is 0 Å². The minimum atomic E-state index is -0.0443. The lowest BCUT2D eigenvalue weighted by molar-refractivity contribution is 0.103. The third-order valence-corrected chi connectivity index (χ3v) is 3.74. The van der Waals surface area contributed by atoms with Gasteiger partial charge in [0.1, 0.15) is 0 Å². The maximum atomic E-state index is 12.8. The minimum Gasteiger partial charge on any atom is -0.289 e. The number of hydrogen-bond donors (Lipinski definition) is 0. The zero-order chi connectivity index (χ0) is 16.9. The lowest BCUT2D eigenvalue weighted by Crippen LogP contribution is -2.01. The first-order valence-electron chi connectivity index (χ1n) is 7.82. The molecule has 0 aromatic heterocycles. The number of aryl methyl sites for hydroxylation is 2. The van der Waals surface area contributed by atoms with Crippen LogP contribution in [0.5, 0.6) is 0 Å². The number of carbonyl (C=O) groups is 1. The molecule has 0 saturated carbocycles. The average molecular weight is 314 g/mol. The second kappa shape index (κ2) is 7.01. The van der Waals surface area contributed by atoms with Gasteiger partial charge in [0.25, 0.3) is 0 Å². The van der Waals surface area contributed by atoms with Crippen LogP contribution in [0.2, 0.25) is 0 Å². The van der Waals surface area contributed by atoms with Crippen molar-refractivity contribution >= 4 is 17.2 Å². The summed E-state index contributed by atoms with van der Waals surface area (Å²) in [7, 11) is 0. The summed E-state index contributed by atoms with van der Waals surface area (Å²) < 4.78 is 0. The van der Waals surface area contributed by atoms with Gasteiger partial charge < -0.3 is 0 Å². The van der Waals surface area contributed by atoms with Crippen molar-refractivity contribution in [2.24, 2.45) is 10.2 Å². The van der Waals surface area contributed by atoms with Gasteiger partial charge in [-0.05, 0) is 38.1 Å². The van der Waals surface area contributed by atoms with Crippen molar-refractivity contribution < 1.29 is 4.79 Å². The Hall–Kier alpha value is -3.07. The maximum Gasteiger partial charge on any atom is 0.195 e. The fraction of sp³-hybridized carbons (Fsp3) is 0.0952. The molecule has 0 amide bonds. The topological polar surface area (TPSA) is 41.8 Å². The molecule has 24 heavy (non-hydrogen) atoms. The lowest BCUT2D eigenvalue weighted by Gasteiger charge is -2.06. The second-order valence-corrected chi connectivity index (χ2v) is 5.75. The third-order valence-electron chi connectivity index (χ3n) is 3.74. The Morgan fingerprint density at radius 1 is 0.750 bits per heavy atom. The van der Waals surface area contributed by atoms with Crippen molar-refractivity contribution in [3.05, 3.63) is 95.1 Å². The quantitative estimate of drug-likeness (QED) is 0.433. The first-order valence-corrected chi connectivity index (χ1v) is 7.82. The minimum absolute atomic E-state index is 0.0443. The number of ketones is 1. The molecule has 3 heteroatoms. The molecule has 0 atom stereocenters. The molecule has 0 fully saturated rings. The van der Waals surface area contributed by atoms with E-state index in [9.17, 15) is 4.79 Å². The molecule has 0 saturated heterocycles. The molecule has 0 aliphatic carbocycles. The summed E-state index contributed by atoms with van der Waals surface area (Å²) in [5.74, 6) is -0.0443. The van der Waals surface area contributed by atoms with E-state index in [4.69, 9.17) is 0 Å². The van der Waals surface area contributed by atoms with E-state index in [0.717, 1.165) is 11.3 Å². The van der Waals surface area contributed by atoms with Gasteiger partial charge in [0.2, 0.25) is 0 Å². The van der Waals surface area contributed by atoms with E-state index >= 15 is 0 Å². The number of rotatable bonds is 4. The van der Waals surface area contributed by atoms with E-state index in [-0.39, 0.29) is 5.78 Å². The first kappa shape index (κ1) is 15.8. The largest absolute Gasteiger partial charge is 0.289 e. The highest BCUT2D eigenvalue weighted by Crippen LogP contribution is 2.26. The molecule has 0 unspecified atom stereocenters. The molecule has 118 valence electrons. The van der Waals surface area contributed by atoms with Gasteiger partial charge in [-0.2, -0.15) is 5.11 Å². The lowest BCUT2D eigenvalue weighted by atomic mass is 10.00. The van der Waals surface area contributed by atoms with Crippen molar-refractivity contribution in [3.8, 4) is 0 Å². The molecule has 3 aromatic rings. The smallest absolute Gasteiger partial charge is 0.195 e. The van der Waals surface area contributed by atoms with Crippen LogP contribution in [0.15, 0.2) is 83.0 Å². The van der Waals surface area contributed by atoms with Crippen LogP contribution in [-0.2, 0) is 0 Å². The standard InChI is InChI=1S/C21H18N2O/c1-15-8-11-18(12-9-15)22-23-20-13-10-16(2)14-19(20)21(24)17-6-4-3-5-7-17/h3-14H,1-2H3. The number of nitrogens with zero attached hydrogens (tertiary/aromatic N) is 2. The Morgan fingerprint density at radius 2 is 1.42 bits per heavy atom. The van der Waals surface area contributed by atoms with E-state index in [1.165, 1.54) is 5.56 Å². The predicted molar refractivity (Wildman–Crippen MR) is 96.4 cm³/mol. The van der Waals surface area contributed by atoms with Crippen molar-refractivity contribution in [2.75, 3.05) is 0 Å². The molecular formula is C21H18N2O. The second-order valence-electron chi connectivity index (χ2n) is 5.75. The molecule has 0 heterocycles. The first-order chi connectivity index (χ1) is 11.6. The Kier molecular flexibility index (Phi) is 4.62. The normalized spacial score (nSPS) is 10.9. The molecule has 0 aliphatic heterocycles. The van der Waals surface area contributed by atoms with Gasteiger partial charge in [-0.1, -0.05) is 59.7 Å². The molecule has 3 rings (SSSR count). The summed E-state index contributed by atoms with van der Waals surface area (Å²) in [5.41, 5.74) is 4.74. The van der Waals surface area contributed by atoms with E-state index in [1.807, 2.05) is 86.6 Å². The number of azo groups is 1. The summed E-state index contributed by atoms with van der Waals surface area (Å²) in [5, 5.41) is 8.55. The summed E-state index contributed by atoms with van der Waals surface area (Å²) in [6, 6.07) is 22.7. The van der Waals surface area contributed by atoms with Gasteiger partial charge in [-0.25, -0.2) is 0 Å². The van der Waals surface area contributed by atoms with E-state index in [1.54, 1.807) is 0 Å². The van der Waals surface area contributed by atoms with Crippen LogP contribution in [0.4, 0.5) is 11.4 Å². The molecule has 3 nitrogen and oxygen atoms in total. The van der Waals surface area contributed by atoms with Gasteiger partial charge in [0.15, 0.2) is 5.78 Å². The monoisotopic (exact) mass is 314 g/mol. The summed E-state index contributed by atoms with van der Waals surface area (Å²) >= 11 is 0. The van der Waals surface area contributed by atoms with Crippen LogP contribution in [0, 0.1) is 13.8 Å². The molecule has 0 N–H and O–H groups in total. The highest BCUT2D eigenvalue weighted by Gasteiger charge is 2.13. The summed E-state index contributed by atoms with van der Waals surface area (Å²) in [6.45, 7) is 3.99. The van der Waals surface area contributed by atoms with Crippen LogP contribution in [-0.4, -0.2) is 5.78 Å². The van der Waals surface area contributed by atoms with Crippen molar-refractivity contribution in [2.45, 2.75) is 13.8 Å².